The largest absolute Gasteiger partial charge is 0.387 e. The molecule has 6 heteroatoms. The number of hydrogen-bond acceptors (Lipinski definition) is 4. The Kier molecular flexibility index (Phi) is 6.74. The van der Waals surface area contributed by atoms with Crippen LogP contribution in [0.15, 0.2) is 46.9 Å². The van der Waals surface area contributed by atoms with Gasteiger partial charge in [-0.15, -0.1) is 0 Å². The molecule has 0 aliphatic carbocycles. The van der Waals surface area contributed by atoms with Crippen LogP contribution in [0.2, 0.25) is 0 Å². The topological polar surface area (TPSA) is 47.6 Å². The number of carbonyl (C=O) groups is 1. The van der Waals surface area contributed by atoms with E-state index in [2.05, 4.69) is 67.7 Å². The third-order valence-corrected chi connectivity index (χ3v) is 5.50. The number of halogens is 1. The first-order valence-corrected chi connectivity index (χ1v) is 10.1. The van der Waals surface area contributed by atoms with Gasteiger partial charge in [0.2, 0.25) is 0 Å². The first-order chi connectivity index (χ1) is 13.1. The third-order valence-electron chi connectivity index (χ3n) is 5.01. The van der Waals surface area contributed by atoms with E-state index in [1.807, 2.05) is 25.2 Å². The number of anilines is 2. The zero-order valence-corrected chi connectivity index (χ0v) is 17.6. The summed E-state index contributed by atoms with van der Waals surface area (Å²) in [4.78, 5) is 17.4. The van der Waals surface area contributed by atoms with Crippen molar-refractivity contribution >= 4 is 33.2 Å². The van der Waals surface area contributed by atoms with Gasteiger partial charge in [-0.25, -0.2) is 0 Å². The summed E-state index contributed by atoms with van der Waals surface area (Å²) in [5, 5.41) is 6.14. The zero-order chi connectivity index (χ0) is 19.2. The van der Waals surface area contributed by atoms with Gasteiger partial charge in [0.1, 0.15) is 0 Å². The van der Waals surface area contributed by atoms with E-state index in [0.717, 1.165) is 42.8 Å². The highest BCUT2D eigenvalue weighted by atomic mass is 79.9. The first kappa shape index (κ1) is 19.7. The molecule has 0 spiro atoms. The Morgan fingerprint density at radius 2 is 1.85 bits per heavy atom. The summed E-state index contributed by atoms with van der Waals surface area (Å²) in [6.45, 7) is 4.88. The number of benzene rings is 2. The summed E-state index contributed by atoms with van der Waals surface area (Å²) in [5.74, 6) is -0.0519. The summed E-state index contributed by atoms with van der Waals surface area (Å²) >= 11 is 3.44. The molecule has 27 heavy (non-hydrogen) atoms. The highest BCUT2D eigenvalue weighted by Gasteiger charge is 2.17. The number of hydrogen-bond donors (Lipinski definition) is 2. The minimum atomic E-state index is -0.0519. The lowest BCUT2D eigenvalue weighted by atomic mass is 10.1. The Morgan fingerprint density at radius 3 is 2.59 bits per heavy atom. The predicted molar refractivity (Wildman–Crippen MR) is 116 cm³/mol. The van der Waals surface area contributed by atoms with Crippen LogP contribution < -0.4 is 15.5 Å². The minimum absolute atomic E-state index is 0.0519. The predicted octanol–water partition coefficient (Wildman–Crippen LogP) is 3.22. The smallest absolute Gasteiger partial charge is 0.253 e. The second-order valence-corrected chi connectivity index (χ2v) is 7.78. The van der Waals surface area contributed by atoms with Gasteiger partial charge in [0.25, 0.3) is 5.91 Å². The molecule has 0 aromatic heterocycles. The molecular weight excluding hydrogens is 404 g/mol. The zero-order valence-electron chi connectivity index (χ0n) is 16.0. The Labute approximate surface area is 169 Å². The molecule has 0 saturated carbocycles. The van der Waals surface area contributed by atoms with E-state index in [0.29, 0.717) is 12.1 Å². The molecule has 5 nitrogen and oxygen atoms in total. The van der Waals surface area contributed by atoms with Crippen molar-refractivity contribution in [2.75, 3.05) is 57.0 Å². The number of nitrogens with one attached hydrogen (secondary N) is 2. The average Bonchev–Trinajstić information content (AvgIpc) is 2.69. The third kappa shape index (κ3) is 5.02. The van der Waals surface area contributed by atoms with E-state index < -0.39 is 0 Å². The van der Waals surface area contributed by atoms with Crippen molar-refractivity contribution in [3.8, 4) is 0 Å². The van der Waals surface area contributed by atoms with Crippen LogP contribution in [-0.2, 0) is 6.42 Å². The molecule has 2 aromatic rings. The van der Waals surface area contributed by atoms with Crippen molar-refractivity contribution < 1.29 is 4.79 Å². The normalized spacial score (nSPS) is 14.9. The Hall–Kier alpha value is -2.05. The number of likely N-dealkylation sites (N-methyl/N-ethyl adjacent to an activating group) is 1. The lowest BCUT2D eigenvalue weighted by molar-refractivity contribution is 0.0955. The number of piperazine rings is 1. The van der Waals surface area contributed by atoms with Crippen molar-refractivity contribution in [2.45, 2.75) is 6.42 Å². The van der Waals surface area contributed by atoms with E-state index in [4.69, 9.17) is 0 Å². The molecule has 3 rings (SSSR count). The molecule has 1 amide bonds. The van der Waals surface area contributed by atoms with E-state index in [-0.39, 0.29) is 5.91 Å². The van der Waals surface area contributed by atoms with Crippen LogP contribution in [0.1, 0.15) is 15.9 Å². The van der Waals surface area contributed by atoms with Crippen LogP contribution >= 0.6 is 15.9 Å². The molecule has 1 aliphatic heterocycles. The molecule has 1 aliphatic rings. The number of amides is 1. The van der Waals surface area contributed by atoms with E-state index in [1.54, 1.807) is 0 Å². The first-order valence-electron chi connectivity index (χ1n) is 9.35. The van der Waals surface area contributed by atoms with Gasteiger partial charge in [0.05, 0.1) is 5.56 Å². The SMILES string of the molecule is CNc1cc(Br)ccc1C(=O)NCCc1ccccc1N1CCN(C)CC1. The van der Waals surface area contributed by atoms with Gasteiger partial charge >= 0.3 is 0 Å². The fraction of sp³-hybridized carbons (Fsp3) is 0.381. The summed E-state index contributed by atoms with van der Waals surface area (Å²) in [6.07, 6.45) is 0.819. The van der Waals surface area contributed by atoms with Crippen LogP contribution in [0.3, 0.4) is 0 Å². The van der Waals surface area contributed by atoms with Crippen LogP contribution in [-0.4, -0.2) is 57.6 Å². The average molecular weight is 431 g/mol. The molecule has 1 saturated heterocycles. The summed E-state index contributed by atoms with van der Waals surface area (Å²) < 4.78 is 0.949. The number of para-hydroxylation sites is 1. The molecule has 0 atom stereocenters. The van der Waals surface area contributed by atoms with Gasteiger partial charge in [-0.05, 0) is 43.3 Å². The Morgan fingerprint density at radius 1 is 1.11 bits per heavy atom. The number of carbonyl (C=O) groups excluding carboxylic acids is 1. The lowest BCUT2D eigenvalue weighted by Crippen LogP contribution is -2.44. The highest BCUT2D eigenvalue weighted by molar-refractivity contribution is 9.10. The molecule has 0 unspecified atom stereocenters. The maximum Gasteiger partial charge on any atom is 0.253 e. The van der Waals surface area contributed by atoms with Crippen LogP contribution in [0.5, 0.6) is 0 Å². The lowest BCUT2D eigenvalue weighted by Gasteiger charge is -2.35. The van der Waals surface area contributed by atoms with Gasteiger partial charge in [-0.2, -0.15) is 0 Å². The van der Waals surface area contributed by atoms with Gasteiger partial charge in [0, 0.05) is 55.6 Å². The molecular formula is C21H27BrN4O. The molecule has 2 N–H and O–H groups in total. The van der Waals surface area contributed by atoms with Crippen molar-refractivity contribution in [3.63, 3.8) is 0 Å². The number of nitrogens with zero attached hydrogens (tertiary/aromatic N) is 2. The fourth-order valence-electron chi connectivity index (χ4n) is 3.41. The molecule has 0 radical (unpaired) electrons. The summed E-state index contributed by atoms with van der Waals surface area (Å²) in [5.41, 5.74) is 4.05. The van der Waals surface area contributed by atoms with E-state index in [9.17, 15) is 4.79 Å². The fourth-order valence-corrected chi connectivity index (χ4v) is 3.77. The maximum absolute atomic E-state index is 12.6. The molecule has 0 bridgehead atoms. The van der Waals surface area contributed by atoms with Crippen molar-refractivity contribution in [1.29, 1.82) is 0 Å². The van der Waals surface area contributed by atoms with Crippen LogP contribution in [0.4, 0.5) is 11.4 Å². The second kappa shape index (κ2) is 9.24. The molecule has 1 fully saturated rings. The van der Waals surface area contributed by atoms with Gasteiger partial charge in [0.15, 0.2) is 0 Å². The van der Waals surface area contributed by atoms with Gasteiger partial charge in [-0.1, -0.05) is 34.1 Å². The molecule has 2 aromatic carbocycles. The molecule has 1 heterocycles. The summed E-state index contributed by atoms with van der Waals surface area (Å²) in [6, 6.07) is 14.2. The Balaban J connectivity index is 1.62. The van der Waals surface area contributed by atoms with Crippen LogP contribution in [0, 0.1) is 0 Å². The van der Waals surface area contributed by atoms with Gasteiger partial charge < -0.3 is 20.4 Å². The molecule has 144 valence electrons. The highest BCUT2D eigenvalue weighted by Crippen LogP contribution is 2.23. The van der Waals surface area contributed by atoms with Crippen molar-refractivity contribution in [2.24, 2.45) is 0 Å². The quantitative estimate of drug-likeness (QED) is 0.738. The standard InChI is InChI=1S/C21H27BrN4O/c1-23-19-15-17(22)7-8-18(19)21(27)24-10-9-16-5-3-4-6-20(16)26-13-11-25(2)12-14-26/h3-8,15,23H,9-14H2,1-2H3,(H,24,27). The van der Waals surface area contributed by atoms with Crippen molar-refractivity contribution in [1.82, 2.24) is 10.2 Å². The second-order valence-electron chi connectivity index (χ2n) is 6.86. The number of rotatable bonds is 6. The van der Waals surface area contributed by atoms with Crippen LogP contribution in [0.25, 0.3) is 0 Å². The van der Waals surface area contributed by atoms with Crippen molar-refractivity contribution in [3.05, 3.63) is 58.1 Å². The Bertz CT molecular complexity index is 788. The minimum Gasteiger partial charge on any atom is -0.387 e. The monoisotopic (exact) mass is 430 g/mol. The summed E-state index contributed by atoms with van der Waals surface area (Å²) in [7, 11) is 3.99. The van der Waals surface area contributed by atoms with E-state index >= 15 is 0 Å². The maximum atomic E-state index is 12.6. The van der Waals surface area contributed by atoms with E-state index in [1.165, 1.54) is 11.3 Å². The van der Waals surface area contributed by atoms with Gasteiger partial charge in [-0.3, -0.25) is 4.79 Å².